The van der Waals surface area contributed by atoms with E-state index in [4.69, 9.17) is 9.15 Å². The molecule has 8 heteroatoms. The largest absolute Gasteiger partial charge is 0.463 e. The van der Waals surface area contributed by atoms with Gasteiger partial charge in [-0.15, -0.1) is 0 Å². The van der Waals surface area contributed by atoms with Crippen molar-refractivity contribution < 1.29 is 18.7 Å². The summed E-state index contributed by atoms with van der Waals surface area (Å²) in [6.45, 7) is 1.15. The summed E-state index contributed by atoms with van der Waals surface area (Å²) in [5.41, 5.74) is 1.70. The number of hydrogen-bond acceptors (Lipinski definition) is 7. The average Bonchev–Trinajstić information content (AvgIpc) is 3.49. The number of ketones is 1. The number of fused-ring (bicyclic) bond motifs is 1. The molecule has 1 fully saturated rings. The van der Waals surface area contributed by atoms with Crippen LogP contribution in [-0.4, -0.2) is 34.9 Å². The molecule has 5 rings (SSSR count). The van der Waals surface area contributed by atoms with Crippen LogP contribution in [0.5, 0.6) is 0 Å². The maximum Gasteiger partial charge on any atom is 0.259 e. The van der Waals surface area contributed by atoms with Crippen molar-refractivity contribution in [2.75, 3.05) is 18.5 Å². The predicted octanol–water partition coefficient (Wildman–Crippen LogP) is 4.81. The highest BCUT2D eigenvalue weighted by molar-refractivity contribution is 7.18. The molecular formula is C23H19N3O4S. The van der Waals surface area contributed by atoms with Crippen molar-refractivity contribution >= 4 is 39.1 Å². The molecule has 31 heavy (non-hydrogen) atoms. The van der Waals surface area contributed by atoms with Gasteiger partial charge < -0.3 is 9.15 Å². The van der Waals surface area contributed by atoms with E-state index in [1.165, 1.54) is 23.8 Å². The molecule has 0 bridgehead atoms. The Bertz CT molecular complexity index is 1240. The Kier molecular flexibility index (Phi) is 5.31. The Morgan fingerprint density at radius 2 is 1.94 bits per heavy atom. The molecule has 0 spiro atoms. The number of nitrogens with one attached hydrogen (secondary N) is 1. The quantitative estimate of drug-likeness (QED) is 0.454. The summed E-state index contributed by atoms with van der Waals surface area (Å²) in [7, 11) is 0. The number of pyridine rings is 1. The van der Waals surface area contributed by atoms with Crippen molar-refractivity contribution in [2.45, 2.75) is 12.8 Å². The Morgan fingerprint density at radius 1 is 1.10 bits per heavy atom. The summed E-state index contributed by atoms with van der Waals surface area (Å²) in [6, 6.07) is 12.9. The first kappa shape index (κ1) is 19.6. The third-order valence-electron chi connectivity index (χ3n) is 5.27. The SMILES string of the molecule is O=C(Nc1nc(-c2ccco2)c(C(=O)C2CCOCC2)s1)c1cnc2ccccc2c1. The molecule has 1 aliphatic heterocycles. The molecule has 0 aliphatic carbocycles. The molecule has 0 atom stereocenters. The molecule has 4 heterocycles. The van der Waals surface area contributed by atoms with Crippen LogP contribution in [0, 0.1) is 5.92 Å². The molecule has 4 aromatic rings. The third-order valence-corrected chi connectivity index (χ3v) is 6.26. The molecule has 0 radical (unpaired) electrons. The van der Waals surface area contributed by atoms with Crippen LogP contribution in [0.15, 0.2) is 59.3 Å². The number of benzene rings is 1. The van der Waals surface area contributed by atoms with Crippen LogP contribution < -0.4 is 5.32 Å². The van der Waals surface area contributed by atoms with E-state index in [2.05, 4.69) is 15.3 Å². The Morgan fingerprint density at radius 3 is 2.74 bits per heavy atom. The van der Waals surface area contributed by atoms with Crippen LogP contribution in [-0.2, 0) is 4.74 Å². The molecule has 1 saturated heterocycles. The number of amides is 1. The number of furan rings is 1. The number of hydrogen-bond donors (Lipinski definition) is 1. The lowest BCUT2D eigenvalue weighted by Crippen LogP contribution is -2.23. The Balaban J connectivity index is 1.44. The van der Waals surface area contributed by atoms with E-state index in [-0.39, 0.29) is 17.6 Å². The van der Waals surface area contributed by atoms with Gasteiger partial charge >= 0.3 is 0 Å². The van der Waals surface area contributed by atoms with Crippen LogP contribution in [0.3, 0.4) is 0 Å². The molecule has 7 nitrogen and oxygen atoms in total. The molecule has 1 amide bonds. The van der Waals surface area contributed by atoms with Crippen LogP contribution in [0.1, 0.15) is 32.9 Å². The Labute approximate surface area is 182 Å². The summed E-state index contributed by atoms with van der Waals surface area (Å²) in [5.74, 6) is 0.0683. The highest BCUT2D eigenvalue weighted by Crippen LogP contribution is 2.35. The lowest BCUT2D eigenvalue weighted by atomic mass is 9.94. The molecule has 1 N–H and O–H groups in total. The van der Waals surface area contributed by atoms with Crippen molar-refractivity contribution in [1.82, 2.24) is 9.97 Å². The minimum Gasteiger partial charge on any atom is -0.463 e. The lowest BCUT2D eigenvalue weighted by Gasteiger charge is -2.20. The van der Waals surface area contributed by atoms with Crippen molar-refractivity contribution in [1.29, 1.82) is 0 Å². The highest BCUT2D eigenvalue weighted by atomic mass is 32.1. The van der Waals surface area contributed by atoms with Crippen molar-refractivity contribution in [3.63, 3.8) is 0 Å². The molecule has 3 aromatic heterocycles. The molecule has 0 saturated carbocycles. The zero-order valence-corrected chi connectivity index (χ0v) is 17.4. The first-order valence-electron chi connectivity index (χ1n) is 10.0. The van der Waals surface area contributed by atoms with E-state index in [1.807, 2.05) is 24.3 Å². The maximum absolute atomic E-state index is 13.2. The second kappa shape index (κ2) is 8.41. The van der Waals surface area contributed by atoms with Crippen LogP contribution in [0.4, 0.5) is 5.13 Å². The van der Waals surface area contributed by atoms with E-state index in [0.29, 0.717) is 53.1 Å². The van der Waals surface area contributed by atoms with E-state index in [0.717, 1.165) is 10.9 Å². The first-order chi connectivity index (χ1) is 15.2. The smallest absolute Gasteiger partial charge is 0.259 e. The normalized spacial score (nSPS) is 14.6. The van der Waals surface area contributed by atoms with Crippen LogP contribution in [0.25, 0.3) is 22.4 Å². The van der Waals surface area contributed by atoms with Gasteiger partial charge in [0.1, 0.15) is 10.6 Å². The van der Waals surface area contributed by atoms with Gasteiger partial charge in [-0.2, -0.15) is 0 Å². The number of nitrogens with zero attached hydrogens (tertiary/aromatic N) is 2. The Hall–Kier alpha value is -3.36. The van der Waals surface area contributed by atoms with Gasteiger partial charge in [-0.25, -0.2) is 4.98 Å². The first-order valence-corrected chi connectivity index (χ1v) is 10.8. The maximum atomic E-state index is 13.2. The highest BCUT2D eigenvalue weighted by Gasteiger charge is 2.29. The summed E-state index contributed by atoms with van der Waals surface area (Å²) in [6.07, 6.45) is 4.43. The molecule has 1 aliphatic rings. The van der Waals surface area contributed by atoms with Crippen molar-refractivity contribution in [3.8, 4) is 11.5 Å². The van der Waals surface area contributed by atoms with Gasteiger partial charge in [-0.1, -0.05) is 29.5 Å². The van der Waals surface area contributed by atoms with Gasteiger partial charge in [-0.3, -0.25) is 19.9 Å². The summed E-state index contributed by atoms with van der Waals surface area (Å²) >= 11 is 1.17. The van der Waals surface area contributed by atoms with Gasteiger partial charge in [0.15, 0.2) is 16.7 Å². The van der Waals surface area contributed by atoms with Gasteiger partial charge in [-0.05, 0) is 37.1 Å². The fraction of sp³-hybridized carbons (Fsp3) is 0.217. The second-order valence-corrected chi connectivity index (χ2v) is 8.29. The third kappa shape index (κ3) is 3.99. The summed E-state index contributed by atoms with van der Waals surface area (Å²) in [5, 5.41) is 4.04. The van der Waals surface area contributed by atoms with Crippen LogP contribution in [0.2, 0.25) is 0 Å². The van der Waals surface area contributed by atoms with Gasteiger partial charge in [0, 0.05) is 30.7 Å². The monoisotopic (exact) mass is 433 g/mol. The van der Waals surface area contributed by atoms with E-state index >= 15 is 0 Å². The summed E-state index contributed by atoms with van der Waals surface area (Å²) < 4.78 is 10.9. The number of ether oxygens (including phenoxy) is 1. The van der Waals surface area contributed by atoms with E-state index in [1.54, 1.807) is 18.2 Å². The van der Waals surface area contributed by atoms with Gasteiger partial charge in [0.25, 0.3) is 5.91 Å². The number of aromatic nitrogens is 2. The van der Waals surface area contributed by atoms with Gasteiger partial charge in [0.05, 0.1) is 17.3 Å². The fourth-order valence-corrected chi connectivity index (χ4v) is 4.61. The standard InChI is InChI=1S/C23H19N3O4S/c27-20(14-7-10-29-11-8-14)21-19(18-6-3-9-30-18)25-23(31-21)26-22(28)16-12-15-4-1-2-5-17(15)24-13-16/h1-6,9,12-14H,7-8,10-11H2,(H,25,26,28). The number of Topliss-reactive ketones (excluding diaryl/α,β-unsaturated/α-hetero) is 1. The zero-order chi connectivity index (χ0) is 21.2. The number of anilines is 1. The second-order valence-electron chi connectivity index (χ2n) is 7.30. The number of carbonyl (C=O) groups is 2. The minimum absolute atomic E-state index is 0.0140. The fourth-order valence-electron chi connectivity index (χ4n) is 3.63. The van der Waals surface area contributed by atoms with Crippen molar-refractivity contribution in [3.05, 3.63) is 65.4 Å². The number of rotatable bonds is 5. The summed E-state index contributed by atoms with van der Waals surface area (Å²) in [4.78, 5) is 35.4. The lowest BCUT2D eigenvalue weighted by molar-refractivity contribution is 0.0547. The molecule has 0 unspecified atom stereocenters. The van der Waals surface area contributed by atoms with E-state index < -0.39 is 0 Å². The van der Waals surface area contributed by atoms with Crippen molar-refractivity contribution in [2.24, 2.45) is 5.92 Å². The number of thiazole rings is 1. The van der Waals surface area contributed by atoms with Gasteiger partial charge in [0.2, 0.25) is 0 Å². The van der Waals surface area contributed by atoms with E-state index in [9.17, 15) is 9.59 Å². The average molecular weight is 433 g/mol. The molecular weight excluding hydrogens is 414 g/mol. The molecule has 156 valence electrons. The molecule has 1 aromatic carbocycles. The number of carbonyl (C=O) groups excluding carboxylic acids is 2. The minimum atomic E-state index is -0.330. The number of para-hydroxylation sites is 1. The predicted molar refractivity (Wildman–Crippen MR) is 117 cm³/mol. The topological polar surface area (TPSA) is 94.3 Å². The van der Waals surface area contributed by atoms with Crippen LogP contribution >= 0.6 is 11.3 Å². The zero-order valence-electron chi connectivity index (χ0n) is 16.5.